The lowest BCUT2D eigenvalue weighted by atomic mass is 9.96. The third kappa shape index (κ3) is 4.91. The average Bonchev–Trinajstić information content (AvgIpc) is 3.56. The van der Waals surface area contributed by atoms with E-state index >= 15 is 0 Å². The Hall–Kier alpha value is -4.20. The summed E-state index contributed by atoms with van der Waals surface area (Å²) in [6.45, 7) is 6.93. The van der Waals surface area contributed by atoms with E-state index in [0.29, 0.717) is 30.2 Å². The summed E-state index contributed by atoms with van der Waals surface area (Å²) in [7, 11) is 0. The summed E-state index contributed by atoms with van der Waals surface area (Å²) in [4.78, 5) is 28.7. The molecule has 2 aromatic carbocycles. The van der Waals surface area contributed by atoms with Crippen molar-refractivity contribution in [3.63, 3.8) is 0 Å². The molecule has 0 radical (unpaired) electrons. The highest BCUT2D eigenvalue weighted by Gasteiger charge is 2.32. The SMILES string of the molecule is Cc1cc(C)c(NC(=O)[C@@H]2CCCN(C(=O)c3cnn(-c4ccc(F)cc4)c3-n3cccc3)C2)c(C)c1. The molecule has 8 heteroatoms. The zero-order valence-electron chi connectivity index (χ0n) is 21.2. The van der Waals surface area contributed by atoms with Crippen LogP contribution in [0.4, 0.5) is 10.1 Å². The number of halogens is 1. The van der Waals surface area contributed by atoms with Gasteiger partial charge in [-0.2, -0.15) is 5.10 Å². The van der Waals surface area contributed by atoms with Gasteiger partial charge in [-0.3, -0.25) is 9.59 Å². The van der Waals surface area contributed by atoms with Crippen molar-refractivity contribution < 1.29 is 14.0 Å². The van der Waals surface area contributed by atoms with Crippen molar-refractivity contribution in [1.82, 2.24) is 19.2 Å². The van der Waals surface area contributed by atoms with Gasteiger partial charge in [0.25, 0.3) is 5.91 Å². The molecule has 0 saturated carbocycles. The molecular formula is C29H30FN5O2. The number of hydrogen-bond donors (Lipinski definition) is 1. The lowest BCUT2D eigenvalue weighted by molar-refractivity contribution is -0.121. The van der Waals surface area contributed by atoms with Gasteiger partial charge >= 0.3 is 0 Å². The minimum absolute atomic E-state index is 0.0693. The zero-order chi connectivity index (χ0) is 26.1. The molecule has 3 heterocycles. The number of aromatic nitrogens is 3. The monoisotopic (exact) mass is 499 g/mol. The fourth-order valence-electron chi connectivity index (χ4n) is 5.14. The highest BCUT2D eigenvalue weighted by Crippen LogP contribution is 2.27. The Bertz CT molecular complexity index is 1420. The molecule has 0 unspecified atom stereocenters. The fraction of sp³-hybridized carbons (Fsp3) is 0.276. The van der Waals surface area contributed by atoms with Crippen LogP contribution in [0.5, 0.6) is 0 Å². The molecule has 7 nitrogen and oxygen atoms in total. The Kier molecular flexibility index (Phi) is 6.65. The van der Waals surface area contributed by atoms with E-state index in [1.807, 2.05) is 49.9 Å². The van der Waals surface area contributed by atoms with Gasteiger partial charge in [0, 0.05) is 31.2 Å². The van der Waals surface area contributed by atoms with Crippen molar-refractivity contribution >= 4 is 17.5 Å². The van der Waals surface area contributed by atoms with E-state index in [-0.39, 0.29) is 23.5 Å². The molecule has 1 atom stereocenters. The van der Waals surface area contributed by atoms with Crippen molar-refractivity contribution in [3.05, 3.63) is 95.2 Å². The molecule has 0 bridgehead atoms. The van der Waals surface area contributed by atoms with Crippen LogP contribution in [0.2, 0.25) is 0 Å². The molecule has 1 N–H and O–H groups in total. The first-order valence-electron chi connectivity index (χ1n) is 12.5. The van der Waals surface area contributed by atoms with Gasteiger partial charge in [-0.15, -0.1) is 0 Å². The number of nitrogens with zero attached hydrogens (tertiary/aromatic N) is 4. The molecule has 4 aromatic rings. The Balaban J connectivity index is 1.40. The number of carbonyl (C=O) groups excluding carboxylic acids is 2. The fourth-order valence-corrected chi connectivity index (χ4v) is 5.14. The normalized spacial score (nSPS) is 15.6. The van der Waals surface area contributed by atoms with Gasteiger partial charge in [0.15, 0.2) is 5.82 Å². The maximum absolute atomic E-state index is 13.8. The summed E-state index contributed by atoms with van der Waals surface area (Å²) in [5, 5.41) is 7.58. The maximum atomic E-state index is 13.8. The molecular weight excluding hydrogens is 469 g/mol. The highest BCUT2D eigenvalue weighted by molar-refractivity contribution is 5.99. The van der Waals surface area contributed by atoms with Crippen LogP contribution >= 0.6 is 0 Å². The molecule has 1 aliphatic heterocycles. The van der Waals surface area contributed by atoms with Crippen LogP contribution < -0.4 is 5.32 Å². The third-order valence-corrected chi connectivity index (χ3v) is 6.90. The predicted octanol–water partition coefficient (Wildman–Crippen LogP) is 5.22. The number of rotatable bonds is 5. The lowest BCUT2D eigenvalue weighted by Crippen LogP contribution is -2.44. The van der Waals surface area contributed by atoms with Gasteiger partial charge in [0.1, 0.15) is 11.4 Å². The number of hydrogen-bond acceptors (Lipinski definition) is 3. The standard InChI is InChI=1S/C29H30FN5O2/c1-19-15-20(2)26(21(3)16-19)32-27(36)22-7-6-14-34(18-22)29(37)25-17-31-35(24-10-8-23(30)9-11-24)28(25)33-12-4-5-13-33/h4-5,8-13,15-17,22H,6-7,14,18H2,1-3H3,(H,32,36)/t22-/m1/s1. The number of nitrogens with one attached hydrogen (secondary N) is 1. The summed E-state index contributed by atoms with van der Waals surface area (Å²) < 4.78 is 17.0. The first-order chi connectivity index (χ1) is 17.8. The summed E-state index contributed by atoms with van der Waals surface area (Å²) in [5.41, 5.74) is 5.12. The van der Waals surface area contributed by atoms with Gasteiger partial charge in [-0.25, -0.2) is 9.07 Å². The van der Waals surface area contributed by atoms with E-state index in [2.05, 4.69) is 22.5 Å². The molecule has 5 rings (SSSR count). The number of benzene rings is 2. The topological polar surface area (TPSA) is 72.2 Å². The Morgan fingerprint density at radius 2 is 1.70 bits per heavy atom. The second-order valence-corrected chi connectivity index (χ2v) is 9.71. The summed E-state index contributed by atoms with van der Waals surface area (Å²) in [6, 6.07) is 13.8. The molecule has 1 saturated heterocycles. The third-order valence-electron chi connectivity index (χ3n) is 6.90. The molecule has 2 amide bonds. The van der Waals surface area contributed by atoms with Crippen molar-refractivity contribution in [2.24, 2.45) is 5.92 Å². The van der Waals surface area contributed by atoms with Crippen LogP contribution in [-0.2, 0) is 4.79 Å². The molecule has 190 valence electrons. The number of aryl methyl sites for hydroxylation is 3. The first-order valence-corrected chi connectivity index (χ1v) is 12.5. The maximum Gasteiger partial charge on any atom is 0.259 e. The minimum Gasteiger partial charge on any atom is -0.338 e. The largest absolute Gasteiger partial charge is 0.338 e. The summed E-state index contributed by atoms with van der Waals surface area (Å²) in [6.07, 6.45) is 6.68. The van der Waals surface area contributed by atoms with E-state index in [1.165, 1.54) is 12.1 Å². The van der Waals surface area contributed by atoms with E-state index < -0.39 is 0 Å². The van der Waals surface area contributed by atoms with Crippen molar-refractivity contribution in [2.45, 2.75) is 33.6 Å². The van der Waals surface area contributed by atoms with E-state index in [9.17, 15) is 14.0 Å². The summed E-state index contributed by atoms with van der Waals surface area (Å²) >= 11 is 0. The first kappa shape index (κ1) is 24.5. The van der Waals surface area contributed by atoms with Crippen molar-refractivity contribution in [3.8, 4) is 11.5 Å². The van der Waals surface area contributed by atoms with Gasteiger partial charge in [-0.05, 0) is 81.1 Å². The van der Waals surface area contributed by atoms with Gasteiger partial charge < -0.3 is 14.8 Å². The summed E-state index contributed by atoms with van der Waals surface area (Å²) in [5.74, 6) is -0.333. The number of likely N-dealkylation sites (tertiary alicyclic amines) is 1. The van der Waals surface area contributed by atoms with Crippen LogP contribution in [0.25, 0.3) is 11.5 Å². The quantitative estimate of drug-likeness (QED) is 0.409. The van der Waals surface area contributed by atoms with Gasteiger partial charge in [0.2, 0.25) is 5.91 Å². The number of anilines is 1. The van der Waals surface area contributed by atoms with E-state index in [0.717, 1.165) is 35.2 Å². The molecule has 37 heavy (non-hydrogen) atoms. The Morgan fingerprint density at radius 1 is 1.03 bits per heavy atom. The minimum atomic E-state index is -0.344. The molecule has 1 aliphatic rings. The van der Waals surface area contributed by atoms with Gasteiger partial charge in [-0.1, -0.05) is 17.7 Å². The average molecular weight is 500 g/mol. The second-order valence-electron chi connectivity index (χ2n) is 9.71. The van der Waals surface area contributed by atoms with Crippen LogP contribution in [0.15, 0.2) is 67.1 Å². The predicted molar refractivity (Wildman–Crippen MR) is 141 cm³/mol. The Morgan fingerprint density at radius 3 is 2.38 bits per heavy atom. The van der Waals surface area contributed by atoms with Crippen molar-refractivity contribution in [1.29, 1.82) is 0 Å². The molecule has 0 aliphatic carbocycles. The lowest BCUT2D eigenvalue weighted by Gasteiger charge is -2.32. The van der Waals surface area contributed by atoms with E-state index in [4.69, 9.17) is 0 Å². The second kappa shape index (κ2) is 10.0. The number of amides is 2. The smallest absolute Gasteiger partial charge is 0.259 e. The molecule has 0 spiro atoms. The Labute approximate surface area is 215 Å². The number of carbonyl (C=O) groups is 2. The highest BCUT2D eigenvalue weighted by atomic mass is 19.1. The zero-order valence-corrected chi connectivity index (χ0v) is 21.2. The van der Waals surface area contributed by atoms with Gasteiger partial charge in [0.05, 0.1) is 17.8 Å². The van der Waals surface area contributed by atoms with Crippen LogP contribution in [0.3, 0.4) is 0 Å². The van der Waals surface area contributed by atoms with Crippen molar-refractivity contribution in [2.75, 3.05) is 18.4 Å². The number of piperidine rings is 1. The van der Waals surface area contributed by atoms with Crippen LogP contribution in [0, 0.1) is 32.5 Å². The van der Waals surface area contributed by atoms with Crippen LogP contribution in [0.1, 0.15) is 39.9 Å². The van der Waals surface area contributed by atoms with Crippen LogP contribution in [-0.4, -0.2) is 44.2 Å². The molecule has 1 fully saturated rings. The van der Waals surface area contributed by atoms with E-state index in [1.54, 1.807) is 27.9 Å². The molecule has 2 aromatic heterocycles.